The SMILES string of the molecule is CC1CN(CC(=O)NCCN)CCC1O. The fourth-order valence-electron chi connectivity index (χ4n) is 1.83. The highest BCUT2D eigenvalue weighted by Crippen LogP contribution is 2.15. The third kappa shape index (κ3) is 4.15. The van der Waals surface area contributed by atoms with Crippen molar-refractivity contribution in [3.8, 4) is 0 Å². The molecule has 15 heavy (non-hydrogen) atoms. The first-order valence-electron chi connectivity index (χ1n) is 5.50. The standard InChI is InChI=1S/C10H21N3O2/c1-8-6-13(5-2-9(8)14)7-10(15)12-4-3-11/h8-9,14H,2-7,11H2,1H3,(H,12,15). The van der Waals surface area contributed by atoms with Gasteiger partial charge in [-0.15, -0.1) is 0 Å². The van der Waals surface area contributed by atoms with E-state index in [1.54, 1.807) is 0 Å². The molecule has 0 saturated carbocycles. The van der Waals surface area contributed by atoms with Crippen LogP contribution in [0.3, 0.4) is 0 Å². The van der Waals surface area contributed by atoms with Crippen molar-refractivity contribution in [3.05, 3.63) is 0 Å². The van der Waals surface area contributed by atoms with Crippen molar-refractivity contribution in [1.29, 1.82) is 0 Å². The Kier molecular flexibility index (Phi) is 5.01. The van der Waals surface area contributed by atoms with Crippen LogP contribution in [0.2, 0.25) is 0 Å². The summed E-state index contributed by atoms with van der Waals surface area (Å²) < 4.78 is 0. The zero-order valence-corrected chi connectivity index (χ0v) is 9.28. The molecule has 1 rings (SSSR count). The van der Waals surface area contributed by atoms with E-state index in [4.69, 9.17) is 5.73 Å². The number of hydrogen-bond donors (Lipinski definition) is 3. The molecule has 0 spiro atoms. The van der Waals surface area contributed by atoms with Crippen LogP contribution in [-0.4, -0.2) is 54.7 Å². The molecule has 0 radical (unpaired) electrons. The van der Waals surface area contributed by atoms with Crippen molar-refractivity contribution in [2.75, 3.05) is 32.7 Å². The molecule has 1 aliphatic rings. The molecular weight excluding hydrogens is 194 g/mol. The Morgan fingerprint density at radius 3 is 3.00 bits per heavy atom. The van der Waals surface area contributed by atoms with E-state index in [2.05, 4.69) is 10.2 Å². The summed E-state index contributed by atoms with van der Waals surface area (Å²) in [6.07, 6.45) is 0.541. The lowest BCUT2D eigenvalue weighted by molar-refractivity contribution is -0.123. The van der Waals surface area contributed by atoms with Gasteiger partial charge in [0.15, 0.2) is 0 Å². The maximum absolute atomic E-state index is 11.4. The highest BCUT2D eigenvalue weighted by Gasteiger charge is 2.24. The minimum absolute atomic E-state index is 0.0176. The molecule has 2 unspecified atom stereocenters. The summed E-state index contributed by atoms with van der Waals surface area (Å²) in [4.78, 5) is 13.5. The number of nitrogens with two attached hydrogens (primary N) is 1. The zero-order chi connectivity index (χ0) is 11.3. The number of carbonyl (C=O) groups excluding carboxylic acids is 1. The molecule has 0 aliphatic carbocycles. The van der Waals surface area contributed by atoms with E-state index in [1.807, 2.05) is 6.92 Å². The molecule has 0 aromatic heterocycles. The van der Waals surface area contributed by atoms with Gasteiger partial charge in [-0.25, -0.2) is 0 Å². The van der Waals surface area contributed by atoms with Crippen molar-refractivity contribution in [2.24, 2.45) is 11.7 Å². The smallest absolute Gasteiger partial charge is 0.234 e. The minimum atomic E-state index is -0.214. The number of aliphatic hydroxyl groups excluding tert-OH is 1. The molecule has 4 N–H and O–H groups in total. The van der Waals surface area contributed by atoms with Crippen molar-refractivity contribution >= 4 is 5.91 Å². The average Bonchev–Trinajstić information content (AvgIpc) is 2.20. The van der Waals surface area contributed by atoms with Crippen molar-refractivity contribution in [3.63, 3.8) is 0 Å². The predicted molar refractivity (Wildman–Crippen MR) is 58.3 cm³/mol. The van der Waals surface area contributed by atoms with E-state index >= 15 is 0 Å². The number of aliphatic hydroxyl groups is 1. The van der Waals surface area contributed by atoms with Crippen LogP contribution in [0.15, 0.2) is 0 Å². The van der Waals surface area contributed by atoms with Crippen LogP contribution in [0, 0.1) is 5.92 Å². The maximum Gasteiger partial charge on any atom is 0.234 e. The summed E-state index contributed by atoms with van der Waals surface area (Å²) in [5.41, 5.74) is 5.29. The molecule has 0 aromatic carbocycles. The number of carbonyl (C=O) groups is 1. The van der Waals surface area contributed by atoms with Gasteiger partial charge in [-0.05, 0) is 12.3 Å². The van der Waals surface area contributed by atoms with Gasteiger partial charge < -0.3 is 16.2 Å². The molecule has 1 saturated heterocycles. The predicted octanol–water partition coefficient (Wildman–Crippen LogP) is -1.24. The molecule has 1 aliphatic heterocycles. The normalized spacial score (nSPS) is 27.7. The number of amides is 1. The lowest BCUT2D eigenvalue weighted by Crippen LogP contribution is -2.46. The van der Waals surface area contributed by atoms with Crippen LogP contribution in [0.4, 0.5) is 0 Å². The Balaban J connectivity index is 2.24. The third-order valence-corrected chi connectivity index (χ3v) is 2.78. The van der Waals surface area contributed by atoms with E-state index in [1.165, 1.54) is 0 Å². The van der Waals surface area contributed by atoms with Gasteiger partial charge in [0.2, 0.25) is 5.91 Å². The van der Waals surface area contributed by atoms with Crippen molar-refractivity contribution in [1.82, 2.24) is 10.2 Å². The Bertz CT molecular complexity index is 211. The molecule has 1 fully saturated rings. The second kappa shape index (κ2) is 6.05. The van der Waals surface area contributed by atoms with Crippen LogP contribution < -0.4 is 11.1 Å². The fourth-order valence-corrected chi connectivity index (χ4v) is 1.83. The first-order valence-corrected chi connectivity index (χ1v) is 5.50. The van der Waals surface area contributed by atoms with E-state index in [9.17, 15) is 9.90 Å². The molecule has 88 valence electrons. The minimum Gasteiger partial charge on any atom is -0.393 e. The Labute approximate surface area is 90.6 Å². The van der Waals surface area contributed by atoms with Crippen LogP contribution in [0.1, 0.15) is 13.3 Å². The molecule has 5 nitrogen and oxygen atoms in total. The van der Waals surface area contributed by atoms with E-state index in [-0.39, 0.29) is 17.9 Å². The van der Waals surface area contributed by atoms with Gasteiger partial charge in [0.1, 0.15) is 0 Å². The van der Waals surface area contributed by atoms with E-state index < -0.39 is 0 Å². The van der Waals surface area contributed by atoms with Gasteiger partial charge in [-0.1, -0.05) is 6.92 Å². The van der Waals surface area contributed by atoms with Gasteiger partial charge in [0.05, 0.1) is 12.6 Å². The molecule has 5 heteroatoms. The molecular formula is C10H21N3O2. The first-order chi connectivity index (χ1) is 7.13. The van der Waals surface area contributed by atoms with Crippen LogP contribution in [0.5, 0.6) is 0 Å². The number of nitrogens with one attached hydrogen (secondary N) is 1. The summed E-state index contributed by atoms with van der Waals surface area (Å²) in [6, 6.07) is 0. The largest absolute Gasteiger partial charge is 0.393 e. The van der Waals surface area contributed by atoms with Crippen LogP contribution in [-0.2, 0) is 4.79 Å². The summed E-state index contributed by atoms with van der Waals surface area (Å²) in [5.74, 6) is 0.269. The Hall–Kier alpha value is -0.650. The molecule has 1 heterocycles. The third-order valence-electron chi connectivity index (χ3n) is 2.78. The quantitative estimate of drug-likeness (QED) is 0.548. The maximum atomic E-state index is 11.4. The number of likely N-dealkylation sites (tertiary alicyclic amines) is 1. The molecule has 0 bridgehead atoms. The van der Waals surface area contributed by atoms with Crippen LogP contribution in [0.25, 0.3) is 0 Å². The van der Waals surface area contributed by atoms with Gasteiger partial charge in [-0.3, -0.25) is 9.69 Å². The lowest BCUT2D eigenvalue weighted by atomic mass is 9.97. The Morgan fingerprint density at radius 1 is 1.67 bits per heavy atom. The fraction of sp³-hybridized carbons (Fsp3) is 0.900. The molecule has 0 aromatic rings. The second-order valence-electron chi connectivity index (χ2n) is 4.21. The monoisotopic (exact) mass is 215 g/mol. The van der Waals surface area contributed by atoms with Gasteiger partial charge >= 0.3 is 0 Å². The topological polar surface area (TPSA) is 78.6 Å². The summed E-state index contributed by atoms with van der Waals surface area (Å²) in [5, 5.41) is 12.3. The van der Waals surface area contributed by atoms with Gasteiger partial charge in [-0.2, -0.15) is 0 Å². The Morgan fingerprint density at radius 2 is 2.40 bits per heavy atom. The molecule has 1 amide bonds. The van der Waals surface area contributed by atoms with Gasteiger partial charge in [0.25, 0.3) is 0 Å². The van der Waals surface area contributed by atoms with E-state index in [0.717, 1.165) is 19.5 Å². The summed E-state index contributed by atoms with van der Waals surface area (Å²) in [7, 11) is 0. The summed E-state index contributed by atoms with van der Waals surface area (Å²) >= 11 is 0. The number of rotatable bonds is 4. The number of piperidine rings is 1. The first kappa shape index (κ1) is 12.4. The van der Waals surface area contributed by atoms with Crippen LogP contribution >= 0.6 is 0 Å². The zero-order valence-electron chi connectivity index (χ0n) is 9.28. The van der Waals surface area contributed by atoms with Gasteiger partial charge in [0, 0.05) is 26.2 Å². The lowest BCUT2D eigenvalue weighted by Gasteiger charge is -2.33. The van der Waals surface area contributed by atoms with Crippen molar-refractivity contribution in [2.45, 2.75) is 19.4 Å². The number of hydrogen-bond acceptors (Lipinski definition) is 4. The highest BCUT2D eigenvalue weighted by atomic mass is 16.3. The highest BCUT2D eigenvalue weighted by molar-refractivity contribution is 5.78. The van der Waals surface area contributed by atoms with E-state index in [0.29, 0.717) is 19.6 Å². The van der Waals surface area contributed by atoms with Crippen molar-refractivity contribution < 1.29 is 9.90 Å². The number of nitrogens with zero attached hydrogens (tertiary/aromatic N) is 1. The average molecular weight is 215 g/mol. The molecule has 2 atom stereocenters. The second-order valence-corrected chi connectivity index (χ2v) is 4.21. The summed E-state index contributed by atoms with van der Waals surface area (Å²) in [6.45, 7) is 5.01.